The second-order valence-corrected chi connectivity index (χ2v) is 5.04. The highest BCUT2D eigenvalue weighted by molar-refractivity contribution is 6.53. The molecule has 0 saturated heterocycles. The monoisotopic (exact) mass is 305 g/mol. The molecule has 1 aliphatic rings. The number of anilines is 1. The Bertz CT molecular complexity index is 838. The van der Waals surface area contributed by atoms with Crippen LogP contribution >= 0.6 is 0 Å². The highest BCUT2D eigenvalue weighted by atomic mass is 16.3. The van der Waals surface area contributed by atoms with E-state index in [0.29, 0.717) is 12.0 Å². The number of carbonyl (C=O) groups excluding carboxylic acids is 1. The first-order valence-corrected chi connectivity index (χ1v) is 7.14. The predicted octanol–water partition coefficient (Wildman–Crippen LogP) is 2.90. The number of nitrogens with one attached hydrogen (secondary N) is 1. The van der Waals surface area contributed by atoms with Crippen LogP contribution in [-0.4, -0.2) is 22.9 Å². The zero-order valence-electron chi connectivity index (χ0n) is 12.4. The lowest BCUT2D eigenvalue weighted by atomic mass is 10.1. The van der Waals surface area contributed by atoms with E-state index in [0.717, 1.165) is 16.8 Å². The average molecular weight is 305 g/mol. The van der Waals surface area contributed by atoms with Gasteiger partial charge in [-0.25, -0.2) is 0 Å². The minimum atomic E-state index is -0.284. The van der Waals surface area contributed by atoms with Crippen LogP contribution in [0.4, 0.5) is 5.69 Å². The molecule has 0 bridgehead atoms. The van der Waals surface area contributed by atoms with Gasteiger partial charge in [-0.2, -0.15) is 5.10 Å². The summed E-state index contributed by atoms with van der Waals surface area (Å²) in [4.78, 5) is 11.9. The Hall–Kier alpha value is -3.21. The molecule has 2 N–H and O–H groups in total. The normalized spacial score (nSPS) is 15.0. The number of rotatable bonds is 4. The summed E-state index contributed by atoms with van der Waals surface area (Å²) in [6.07, 6.45) is 3.72. The van der Waals surface area contributed by atoms with Crippen molar-refractivity contribution in [2.45, 2.75) is 6.42 Å². The SMILES string of the molecule is C=CCc1cccc(/C=N\N=C2\C(=O)Nc3ccccc32)c1O. The van der Waals surface area contributed by atoms with E-state index < -0.39 is 0 Å². The van der Waals surface area contributed by atoms with E-state index in [4.69, 9.17) is 0 Å². The number of phenols is 1. The molecule has 5 nitrogen and oxygen atoms in total. The zero-order chi connectivity index (χ0) is 16.2. The van der Waals surface area contributed by atoms with E-state index in [1.54, 1.807) is 12.1 Å². The lowest BCUT2D eigenvalue weighted by molar-refractivity contribution is -0.110. The molecule has 3 rings (SSSR count). The molecular weight excluding hydrogens is 290 g/mol. The van der Waals surface area contributed by atoms with Crippen molar-refractivity contribution in [1.29, 1.82) is 0 Å². The van der Waals surface area contributed by atoms with Gasteiger partial charge in [-0.15, -0.1) is 11.7 Å². The fraction of sp³-hybridized carbons (Fsp3) is 0.0556. The summed E-state index contributed by atoms with van der Waals surface area (Å²) in [6, 6.07) is 12.7. The average Bonchev–Trinajstić information content (AvgIpc) is 2.87. The van der Waals surface area contributed by atoms with Crippen molar-refractivity contribution in [2.75, 3.05) is 5.32 Å². The number of allylic oxidation sites excluding steroid dienone is 1. The second-order valence-electron chi connectivity index (χ2n) is 5.04. The standard InChI is InChI=1S/C18H15N3O2/c1-2-6-12-7-5-8-13(17(12)22)11-19-21-16-14-9-3-4-10-15(14)20-18(16)23/h2-5,7-11,22H,1,6H2,(H,20,21,23)/b19-11-. The molecule has 1 amide bonds. The van der Waals surface area contributed by atoms with Crippen LogP contribution in [-0.2, 0) is 11.2 Å². The molecule has 114 valence electrons. The molecule has 5 heteroatoms. The van der Waals surface area contributed by atoms with Crippen molar-refractivity contribution in [3.63, 3.8) is 0 Å². The minimum absolute atomic E-state index is 0.146. The van der Waals surface area contributed by atoms with Crippen molar-refractivity contribution < 1.29 is 9.90 Å². The summed E-state index contributed by atoms with van der Waals surface area (Å²) >= 11 is 0. The Morgan fingerprint density at radius 2 is 2.00 bits per heavy atom. The molecule has 0 radical (unpaired) electrons. The maximum absolute atomic E-state index is 11.9. The maximum atomic E-state index is 11.9. The molecule has 0 saturated carbocycles. The van der Waals surface area contributed by atoms with E-state index in [9.17, 15) is 9.90 Å². The van der Waals surface area contributed by atoms with E-state index in [2.05, 4.69) is 22.1 Å². The first-order valence-electron chi connectivity index (χ1n) is 7.14. The highest BCUT2D eigenvalue weighted by Gasteiger charge is 2.25. The summed E-state index contributed by atoms with van der Waals surface area (Å²) in [5, 5.41) is 20.8. The van der Waals surface area contributed by atoms with E-state index in [1.165, 1.54) is 6.21 Å². The third-order valence-corrected chi connectivity index (χ3v) is 3.52. The number of nitrogens with zero attached hydrogens (tertiary/aromatic N) is 2. The van der Waals surface area contributed by atoms with Gasteiger partial charge in [0, 0.05) is 11.1 Å². The Balaban J connectivity index is 1.89. The van der Waals surface area contributed by atoms with Crippen molar-refractivity contribution >= 4 is 23.5 Å². The Morgan fingerprint density at radius 1 is 1.17 bits per heavy atom. The third-order valence-electron chi connectivity index (χ3n) is 3.52. The van der Waals surface area contributed by atoms with Crippen molar-refractivity contribution in [3.8, 4) is 5.75 Å². The van der Waals surface area contributed by atoms with Gasteiger partial charge in [-0.05, 0) is 24.1 Å². The molecule has 0 aliphatic carbocycles. The smallest absolute Gasteiger partial charge is 0.276 e. The summed E-state index contributed by atoms with van der Waals surface area (Å²) in [6.45, 7) is 3.66. The molecule has 23 heavy (non-hydrogen) atoms. The number of hydrogen-bond donors (Lipinski definition) is 2. The van der Waals surface area contributed by atoms with Crippen LogP contribution in [0.25, 0.3) is 0 Å². The molecule has 2 aromatic carbocycles. The molecule has 2 aromatic rings. The van der Waals surface area contributed by atoms with Crippen molar-refractivity contribution in [2.24, 2.45) is 10.2 Å². The number of benzene rings is 2. The van der Waals surface area contributed by atoms with Crippen LogP contribution < -0.4 is 5.32 Å². The quantitative estimate of drug-likeness (QED) is 0.518. The van der Waals surface area contributed by atoms with Crippen LogP contribution in [0.1, 0.15) is 16.7 Å². The second kappa shape index (κ2) is 6.27. The van der Waals surface area contributed by atoms with Gasteiger partial charge in [-0.3, -0.25) is 4.79 Å². The largest absolute Gasteiger partial charge is 0.507 e. The number of amides is 1. The van der Waals surface area contributed by atoms with Crippen LogP contribution in [0.15, 0.2) is 65.3 Å². The number of hydrogen-bond acceptors (Lipinski definition) is 4. The Kier molecular flexibility index (Phi) is 4.01. The molecular formula is C18H15N3O2. The van der Waals surface area contributed by atoms with Crippen LogP contribution in [0.3, 0.4) is 0 Å². The summed E-state index contributed by atoms with van der Waals surface area (Å²) < 4.78 is 0. The minimum Gasteiger partial charge on any atom is -0.507 e. The van der Waals surface area contributed by atoms with Gasteiger partial charge >= 0.3 is 0 Å². The van der Waals surface area contributed by atoms with Gasteiger partial charge in [0.1, 0.15) is 5.75 Å². The first-order chi connectivity index (χ1) is 11.2. The zero-order valence-corrected chi connectivity index (χ0v) is 12.4. The number of phenolic OH excluding ortho intramolecular Hbond substituents is 1. The molecule has 0 spiro atoms. The van der Waals surface area contributed by atoms with Gasteiger partial charge in [0.05, 0.1) is 11.9 Å². The lowest BCUT2D eigenvalue weighted by Gasteiger charge is -2.03. The summed E-state index contributed by atoms with van der Waals surface area (Å²) in [7, 11) is 0. The van der Waals surface area contributed by atoms with Crippen LogP contribution in [0, 0.1) is 0 Å². The lowest BCUT2D eigenvalue weighted by Crippen LogP contribution is -2.13. The van der Waals surface area contributed by atoms with Crippen molar-refractivity contribution in [1.82, 2.24) is 0 Å². The number of aromatic hydroxyl groups is 1. The molecule has 0 atom stereocenters. The van der Waals surface area contributed by atoms with E-state index >= 15 is 0 Å². The number of para-hydroxylation sites is 2. The van der Waals surface area contributed by atoms with Gasteiger partial charge < -0.3 is 10.4 Å². The molecule has 1 heterocycles. The van der Waals surface area contributed by atoms with Gasteiger partial charge in [-0.1, -0.05) is 36.4 Å². The molecule has 1 aliphatic heterocycles. The van der Waals surface area contributed by atoms with Gasteiger partial charge in [0.25, 0.3) is 5.91 Å². The van der Waals surface area contributed by atoms with Crippen LogP contribution in [0.5, 0.6) is 5.75 Å². The highest BCUT2D eigenvalue weighted by Crippen LogP contribution is 2.23. The van der Waals surface area contributed by atoms with Gasteiger partial charge in [0.2, 0.25) is 0 Å². The molecule has 0 aromatic heterocycles. The summed E-state index contributed by atoms with van der Waals surface area (Å²) in [5.41, 5.74) is 3.01. The number of carbonyl (C=O) groups is 1. The van der Waals surface area contributed by atoms with Crippen molar-refractivity contribution in [3.05, 3.63) is 71.8 Å². The third kappa shape index (κ3) is 2.89. The summed E-state index contributed by atoms with van der Waals surface area (Å²) in [5.74, 6) is -0.138. The molecule has 0 fully saturated rings. The fourth-order valence-corrected chi connectivity index (χ4v) is 2.39. The fourth-order valence-electron chi connectivity index (χ4n) is 2.39. The Labute approximate surface area is 133 Å². The maximum Gasteiger partial charge on any atom is 0.276 e. The number of fused-ring (bicyclic) bond motifs is 1. The van der Waals surface area contributed by atoms with Gasteiger partial charge in [0.15, 0.2) is 5.71 Å². The van der Waals surface area contributed by atoms with Crippen LogP contribution in [0.2, 0.25) is 0 Å². The van der Waals surface area contributed by atoms with E-state index in [-0.39, 0.29) is 17.4 Å². The Morgan fingerprint density at radius 3 is 2.83 bits per heavy atom. The van der Waals surface area contributed by atoms with E-state index in [1.807, 2.05) is 36.4 Å². The predicted molar refractivity (Wildman–Crippen MR) is 91.2 cm³/mol. The molecule has 0 unspecified atom stereocenters. The topological polar surface area (TPSA) is 74.0 Å². The first kappa shape index (κ1) is 14.7.